The number of hydrogen-bond donors (Lipinski definition) is 2. The molecule has 3 aromatic rings. The minimum atomic E-state index is 0.577. The predicted octanol–water partition coefficient (Wildman–Crippen LogP) is 5.65. The summed E-state index contributed by atoms with van der Waals surface area (Å²) in [6.07, 6.45) is 7.54. The third-order valence-corrected chi connectivity index (χ3v) is 6.42. The van der Waals surface area contributed by atoms with Gasteiger partial charge in [0.1, 0.15) is 23.0 Å². The highest BCUT2D eigenvalue weighted by atomic mass is 15.2. The zero-order chi connectivity index (χ0) is 21.1. The number of aliphatic imine (C=N–C) groups is 1. The first-order chi connectivity index (χ1) is 14.8. The average Bonchev–Trinajstić information content (AvgIpc) is 3.42. The van der Waals surface area contributed by atoms with Gasteiger partial charge in [0.15, 0.2) is 0 Å². The number of imidazole rings is 1. The van der Waals surface area contributed by atoms with E-state index in [1.165, 1.54) is 54.4 Å². The Labute approximate surface area is 180 Å². The molecule has 0 bridgehead atoms. The van der Waals surface area contributed by atoms with Crippen LogP contribution in [0.2, 0.25) is 0 Å². The van der Waals surface area contributed by atoms with Gasteiger partial charge in [0, 0.05) is 37.0 Å². The summed E-state index contributed by atoms with van der Waals surface area (Å²) in [5, 5.41) is 4.74. The second-order valence-corrected chi connectivity index (χ2v) is 8.07. The maximum absolute atomic E-state index is 5.25. The number of H-pyrrole nitrogens is 1. The monoisotopic (exact) mass is 405 g/mol. The van der Waals surface area contributed by atoms with Crippen molar-refractivity contribution in [1.29, 1.82) is 0 Å². The van der Waals surface area contributed by atoms with Crippen LogP contribution in [-0.2, 0) is 13.0 Å². The highest BCUT2D eigenvalue weighted by Crippen LogP contribution is 2.37. The van der Waals surface area contributed by atoms with Crippen molar-refractivity contribution in [3.63, 3.8) is 0 Å². The van der Waals surface area contributed by atoms with Gasteiger partial charge in [0.05, 0.1) is 5.69 Å². The number of hydrogen-bond acceptors (Lipinski definition) is 2. The van der Waals surface area contributed by atoms with Crippen molar-refractivity contribution < 1.29 is 0 Å². The van der Waals surface area contributed by atoms with Crippen LogP contribution in [0.15, 0.2) is 29.3 Å². The second kappa shape index (κ2) is 9.07. The summed E-state index contributed by atoms with van der Waals surface area (Å²) in [4.78, 5) is 13.5. The van der Waals surface area contributed by atoms with Crippen molar-refractivity contribution in [1.82, 2.24) is 19.9 Å². The predicted molar refractivity (Wildman–Crippen MR) is 127 cm³/mol. The lowest BCUT2D eigenvalue weighted by atomic mass is 9.88. The van der Waals surface area contributed by atoms with Crippen LogP contribution in [0.4, 0.5) is 0 Å². The summed E-state index contributed by atoms with van der Waals surface area (Å²) in [7, 11) is 1.87. The smallest absolute Gasteiger partial charge is 0.147 e. The molecule has 1 fully saturated rings. The molecule has 2 N–H and O–H groups in total. The lowest BCUT2D eigenvalue weighted by Gasteiger charge is -2.25. The van der Waals surface area contributed by atoms with Crippen LogP contribution in [-0.4, -0.2) is 34.0 Å². The van der Waals surface area contributed by atoms with Gasteiger partial charge in [-0.25, -0.2) is 4.98 Å². The average molecular weight is 406 g/mol. The van der Waals surface area contributed by atoms with E-state index in [1.807, 2.05) is 20.9 Å². The summed E-state index contributed by atoms with van der Waals surface area (Å²) in [5.74, 6) is 2.81. The van der Waals surface area contributed by atoms with E-state index in [2.05, 4.69) is 51.0 Å². The van der Waals surface area contributed by atoms with E-state index in [0.717, 1.165) is 42.4 Å². The Morgan fingerprint density at radius 3 is 2.70 bits per heavy atom. The van der Waals surface area contributed by atoms with Crippen LogP contribution >= 0.6 is 0 Å². The fourth-order valence-electron chi connectivity index (χ4n) is 4.99. The van der Waals surface area contributed by atoms with Gasteiger partial charge in [-0.2, -0.15) is 0 Å². The lowest BCUT2D eigenvalue weighted by Crippen LogP contribution is -2.37. The topological polar surface area (TPSA) is 58.0 Å². The van der Waals surface area contributed by atoms with Crippen LogP contribution in [0.3, 0.4) is 0 Å². The number of fused-ring (bicyclic) bond motifs is 2. The quantitative estimate of drug-likeness (QED) is 0.592. The summed E-state index contributed by atoms with van der Waals surface area (Å²) in [5.41, 5.74) is 5.89. The molecule has 30 heavy (non-hydrogen) atoms. The van der Waals surface area contributed by atoms with Crippen molar-refractivity contribution >= 4 is 16.7 Å². The summed E-state index contributed by atoms with van der Waals surface area (Å²) in [6, 6.07) is 8.80. The SMILES string of the molecule is CC.CCc1cccc2cc(-c3nc(C4CCCCC4)n4c3C(=NC)NCC4)[nH]c12. The van der Waals surface area contributed by atoms with E-state index >= 15 is 0 Å². The Kier molecular flexibility index (Phi) is 6.26. The molecule has 5 rings (SSSR count). The Hall–Kier alpha value is -2.56. The number of para-hydroxylation sites is 1. The number of amidine groups is 1. The van der Waals surface area contributed by atoms with E-state index in [4.69, 9.17) is 4.98 Å². The summed E-state index contributed by atoms with van der Waals surface area (Å²) >= 11 is 0. The molecule has 5 heteroatoms. The number of nitrogens with one attached hydrogen (secondary N) is 2. The molecule has 0 spiro atoms. The van der Waals surface area contributed by atoms with Gasteiger partial charge in [0.2, 0.25) is 0 Å². The van der Waals surface area contributed by atoms with Gasteiger partial charge < -0.3 is 14.9 Å². The Morgan fingerprint density at radius 1 is 1.17 bits per heavy atom. The van der Waals surface area contributed by atoms with E-state index in [0.29, 0.717) is 5.92 Å². The minimum Gasteiger partial charge on any atom is -0.367 e. The number of nitrogens with zero attached hydrogens (tertiary/aromatic N) is 3. The number of aromatic nitrogens is 3. The third-order valence-electron chi connectivity index (χ3n) is 6.42. The van der Waals surface area contributed by atoms with Crippen LogP contribution < -0.4 is 5.32 Å². The molecular weight excluding hydrogens is 370 g/mol. The Morgan fingerprint density at radius 2 is 1.97 bits per heavy atom. The zero-order valence-electron chi connectivity index (χ0n) is 18.9. The zero-order valence-corrected chi connectivity index (χ0v) is 18.9. The molecule has 0 unspecified atom stereocenters. The summed E-state index contributed by atoms with van der Waals surface area (Å²) in [6.45, 7) is 8.09. The molecule has 1 aliphatic heterocycles. The highest BCUT2D eigenvalue weighted by molar-refractivity contribution is 6.03. The van der Waals surface area contributed by atoms with Gasteiger partial charge >= 0.3 is 0 Å². The molecule has 160 valence electrons. The fraction of sp³-hybridized carbons (Fsp3) is 0.520. The normalized spacial score (nSPS) is 18.1. The maximum atomic E-state index is 5.25. The Balaban J connectivity index is 0.00000106. The molecule has 0 saturated heterocycles. The van der Waals surface area contributed by atoms with Gasteiger partial charge in [-0.15, -0.1) is 0 Å². The van der Waals surface area contributed by atoms with Gasteiger partial charge in [-0.05, 0) is 30.9 Å². The second-order valence-electron chi connectivity index (χ2n) is 8.07. The fourth-order valence-corrected chi connectivity index (χ4v) is 4.99. The molecule has 0 atom stereocenters. The standard InChI is InChI=1S/C23H29N5.C2H6/c1-3-15-10-7-11-17-14-18(26-19(15)17)20-21-22(24-2)25-12-13-28(21)23(27-20)16-8-5-4-6-9-16;1-2/h7,10-11,14,16,26H,3-6,8-9,12-13H2,1-2H3,(H,24,25);1-2H3. The van der Waals surface area contributed by atoms with Crippen LogP contribution in [0, 0.1) is 0 Å². The first-order valence-corrected chi connectivity index (χ1v) is 11.7. The highest BCUT2D eigenvalue weighted by Gasteiger charge is 2.30. The minimum absolute atomic E-state index is 0.577. The number of aryl methyl sites for hydroxylation is 1. The number of aromatic amines is 1. The Bertz CT molecular complexity index is 1030. The molecule has 1 aromatic carbocycles. The van der Waals surface area contributed by atoms with Crippen molar-refractivity contribution in [2.75, 3.05) is 13.6 Å². The molecule has 3 heterocycles. The van der Waals surface area contributed by atoms with Crippen molar-refractivity contribution in [3.8, 4) is 11.4 Å². The van der Waals surface area contributed by atoms with Crippen molar-refractivity contribution in [3.05, 3.63) is 41.3 Å². The van der Waals surface area contributed by atoms with Crippen LogP contribution in [0.25, 0.3) is 22.3 Å². The molecule has 1 aliphatic carbocycles. The lowest BCUT2D eigenvalue weighted by molar-refractivity contribution is 0.413. The number of rotatable bonds is 3. The first kappa shape index (κ1) is 20.7. The first-order valence-electron chi connectivity index (χ1n) is 11.7. The van der Waals surface area contributed by atoms with E-state index in [9.17, 15) is 0 Å². The maximum Gasteiger partial charge on any atom is 0.147 e. The molecular formula is C25H35N5. The molecule has 1 saturated carbocycles. The van der Waals surface area contributed by atoms with E-state index in [1.54, 1.807) is 0 Å². The van der Waals surface area contributed by atoms with E-state index in [-0.39, 0.29) is 0 Å². The molecule has 5 nitrogen and oxygen atoms in total. The summed E-state index contributed by atoms with van der Waals surface area (Å²) < 4.78 is 2.44. The van der Waals surface area contributed by atoms with Gasteiger partial charge in [0.25, 0.3) is 0 Å². The van der Waals surface area contributed by atoms with Gasteiger partial charge in [-0.1, -0.05) is 58.2 Å². The van der Waals surface area contributed by atoms with E-state index < -0.39 is 0 Å². The number of benzene rings is 1. The van der Waals surface area contributed by atoms with Crippen molar-refractivity contribution in [2.24, 2.45) is 4.99 Å². The molecule has 2 aromatic heterocycles. The van der Waals surface area contributed by atoms with Crippen LogP contribution in [0.5, 0.6) is 0 Å². The van der Waals surface area contributed by atoms with Crippen molar-refractivity contribution in [2.45, 2.75) is 71.8 Å². The molecule has 0 radical (unpaired) electrons. The van der Waals surface area contributed by atoms with Gasteiger partial charge in [-0.3, -0.25) is 4.99 Å². The third kappa shape index (κ3) is 3.55. The van der Waals surface area contributed by atoms with Crippen LogP contribution in [0.1, 0.15) is 75.9 Å². The molecule has 2 aliphatic rings. The molecule has 0 amide bonds. The largest absolute Gasteiger partial charge is 0.367 e.